The van der Waals surface area contributed by atoms with Crippen molar-refractivity contribution < 1.29 is 4.79 Å². The Labute approximate surface area is 124 Å². The average molecular weight is 284 g/mol. The van der Waals surface area contributed by atoms with Gasteiger partial charge in [-0.2, -0.15) is 0 Å². The lowest BCUT2D eigenvalue weighted by Gasteiger charge is -2.21. The first kappa shape index (κ1) is 15.0. The molecule has 3 N–H and O–H groups in total. The average Bonchev–Trinajstić information content (AvgIpc) is 2.52. The van der Waals surface area contributed by atoms with Gasteiger partial charge < -0.3 is 10.3 Å². The van der Waals surface area contributed by atoms with Crippen LogP contribution in [0, 0.1) is 6.92 Å². The Balaban J connectivity index is 2.20. The number of benzene rings is 1. The number of aryl methyl sites for hydroxylation is 1. The summed E-state index contributed by atoms with van der Waals surface area (Å²) in [7, 11) is 0. The third kappa shape index (κ3) is 3.58. The minimum absolute atomic E-state index is 0.00391. The van der Waals surface area contributed by atoms with E-state index >= 15 is 0 Å². The van der Waals surface area contributed by atoms with Gasteiger partial charge in [0.1, 0.15) is 0 Å². The first-order chi connectivity index (χ1) is 10.2. The first-order valence-corrected chi connectivity index (χ1v) is 6.92. The van der Waals surface area contributed by atoms with Crippen LogP contribution in [0.2, 0.25) is 0 Å². The zero-order valence-electron chi connectivity index (χ0n) is 12.3. The van der Waals surface area contributed by atoms with E-state index in [2.05, 4.69) is 10.4 Å². The van der Waals surface area contributed by atoms with Crippen LogP contribution in [-0.2, 0) is 6.54 Å². The van der Waals surface area contributed by atoms with Crippen molar-refractivity contribution in [2.24, 2.45) is 5.84 Å². The lowest BCUT2D eigenvalue weighted by molar-refractivity contribution is 0.0750. The maximum absolute atomic E-state index is 12.6. The number of hydrazine groups is 1. The minimum Gasteiger partial charge on any atom is -0.333 e. The summed E-state index contributed by atoms with van der Waals surface area (Å²) in [5.74, 6) is 5.38. The zero-order chi connectivity index (χ0) is 15.2. The van der Waals surface area contributed by atoms with Crippen LogP contribution in [0.25, 0.3) is 0 Å². The molecule has 2 aromatic rings. The molecule has 0 bridgehead atoms. The largest absolute Gasteiger partial charge is 0.333 e. The molecule has 0 atom stereocenters. The van der Waals surface area contributed by atoms with E-state index in [9.17, 15) is 4.79 Å². The lowest BCUT2D eigenvalue weighted by Crippen LogP contribution is -2.31. The van der Waals surface area contributed by atoms with E-state index in [-0.39, 0.29) is 5.91 Å². The number of nitrogens with one attached hydrogen (secondary N) is 1. The molecule has 0 aliphatic heterocycles. The highest BCUT2D eigenvalue weighted by atomic mass is 16.2. The molecule has 1 aromatic carbocycles. The van der Waals surface area contributed by atoms with Gasteiger partial charge in [0.05, 0.1) is 12.2 Å². The number of nitrogens with zero attached hydrogens (tertiary/aromatic N) is 2. The Morgan fingerprint density at radius 2 is 2.14 bits per heavy atom. The fourth-order valence-electron chi connectivity index (χ4n) is 2.18. The van der Waals surface area contributed by atoms with Crippen molar-refractivity contribution in [2.75, 3.05) is 12.0 Å². The van der Waals surface area contributed by atoms with E-state index in [1.54, 1.807) is 23.2 Å². The standard InChI is InChI=1S/C16H20N4O/c1-3-20(11-14-6-4-5-9-18-14)16(21)15-8-7-13(19-17)10-12(15)2/h4-10,19H,3,11,17H2,1-2H3. The van der Waals surface area contributed by atoms with E-state index < -0.39 is 0 Å². The highest BCUT2D eigenvalue weighted by Gasteiger charge is 2.17. The van der Waals surface area contributed by atoms with Crippen molar-refractivity contribution in [3.05, 3.63) is 59.4 Å². The van der Waals surface area contributed by atoms with Gasteiger partial charge in [-0.15, -0.1) is 0 Å². The van der Waals surface area contributed by atoms with E-state index in [0.717, 1.165) is 16.9 Å². The molecule has 0 fully saturated rings. The predicted octanol–water partition coefficient (Wildman–Crippen LogP) is 2.34. The third-order valence-electron chi connectivity index (χ3n) is 3.37. The normalized spacial score (nSPS) is 10.2. The van der Waals surface area contributed by atoms with Gasteiger partial charge in [0.25, 0.3) is 5.91 Å². The summed E-state index contributed by atoms with van der Waals surface area (Å²) in [5, 5.41) is 0. The molecule has 110 valence electrons. The molecule has 21 heavy (non-hydrogen) atoms. The molecule has 1 heterocycles. The van der Waals surface area contributed by atoms with Crippen LogP contribution in [-0.4, -0.2) is 22.3 Å². The molecular formula is C16H20N4O. The van der Waals surface area contributed by atoms with Gasteiger partial charge in [-0.05, 0) is 49.7 Å². The van der Waals surface area contributed by atoms with Crippen molar-refractivity contribution in [3.8, 4) is 0 Å². The lowest BCUT2D eigenvalue weighted by atomic mass is 10.1. The van der Waals surface area contributed by atoms with Gasteiger partial charge in [0.15, 0.2) is 0 Å². The Hall–Kier alpha value is -2.40. The van der Waals surface area contributed by atoms with Gasteiger partial charge in [0, 0.05) is 24.0 Å². The summed E-state index contributed by atoms with van der Waals surface area (Å²) >= 11 is 0. The highest BCUT2D eigenvalue weighted by Crippen LogP contribution is 2.17. The van der Waals surface area contributed by atoms with Crippen molar-refractivity contribution in [1.82, 2.24) is 9.88 Å². The molecular weight excluding hydrogens is 264 g/mol. The van der Waals surface area contributed by atoms with Crippen LogP contribution in [0.1, 0.15) is 28.5 Å². The first-order valence-electron chi connectivity index (χ1n) is 6.92. The van der Waals surface area contributed by atoms with Gasteiger partial charge in [-0.1, -0.05) is 6.07 Å². The van der Waals surface area contributed by atoms with E-state index in [1.807, 2.05) is 38.1 Å². The van der Waals surface area contributed by atoms with Crippen LogP contribution < -0.4 is 11.3 Å². The Bertz CT molecular complexity index is 613. The van der Waals surface area contributed by atoms with Gasteiger partial charge >= 0.3 is 0 Å². The number of carbonyl (C=O) groups is 1. The van der Waals surface area contributed by atoms with Gasteiger partial charge in [0.2, 0.25) is 0 Å². The van der Waals surface area contributed by atoms with Gasteiger partial charge in [-0.3, -0.25) is 15.6 Å². The Morgan fingerprint density at radius 3 is 2.71 bits per heavy atom. The molecule has 0 unspecified atom stereocenters. The quantitative estimate of drug-likeness (QED) is 0.653. The Kier molecular flexibility index (Phi) is 4.90. The van der Waals surface area contributed by atoms with Crippen LogP contribution in [0.3, 0.4) is 0 Å². The van der Waals surface area contributed by atoms with Crippen LogP contribution >= 0.6 is 0 Å². The number of hydrogen-bond acceptors (Lipinski definition) is 4. The van der Waals surface area contributed by atoms with E-state index in [4.69, 9.17) is 5.84 Å². The summed E-state index contributed by atoms with van der Waals surface area (Å²) in [6.45, 7) is 5.01. The van der Waals surface area contributed by atoms with Crippen molar-refractivity contribution in [2.45, 2.75) is 20.4 Å². The number of anilines is 1. The zero-order valence-corrected chi connectivity index (χ0v) is 12.3. The SMILES string of the molecule is CCN(Cc1ccccn1)C(=O)c1ccc(NN)cc1C. The highest BCUT2D eigenvalue weighted by molar-refractivity contribution is 5.96. The number of aromatic nitrogens is 1. The summed E-state index contributed by atoms with van der Waals surface area (Å²) in [4.78, 5) is 18.7. The molecule has 5 heteroatoms. The van der Waals surface area contributed by atoms with Crippen molar-refractivity contribution in [1.29, 1.82) is 0 Å². The molecule has 1 aromatic heterocycles. The molecule has 2 rings (SSSR count). The number of carbonyl (C=O) groups excluding carboxylic acids is 1. The molecule has 0 saturated heterocycles. The topological polar surface area (TPSA) is 71.2 Å². The second-order valence-corrected chi connectivity index (χ2v) is 4.81. The van der Waals surface area contributed by atoms with E-state index in [0.29, 0.717) is 18.7 Å². The molecule has 5 nitrogen and oxygen atoms in total. The third-order valence-corrected chi connectivity index (χ3v) is 3.37. The van der Waals surface area contributed by atoms with Crippen LogP contribution in [0.4, 0.5) is 5.69 Å². The number of amides is 1. The van der Waals surface area contributed by atoms with Crippen molar-refractivity contribution >= 4 is 11.6 Å². The monoisotopic (exact) mass is 284 g/mol. The summed E-state index contributed by atoms with van der Waals surface area (Å²) in [5.41, 5.74) is 5.84. The molecule has 0 aliphatic carbocycles. The summed E-state index contributed by atoms with van der Waals surface area (Å²) in [6, 6.07) is 11.2. The molecule has 0 aliphatic rings. The molecule has 1 amide bonds. The maximum Gasteiger partial charge on any atom is 0.254 e. The van der Waals surface area contributed by atoms with Crippen LogP contribution in [0.5, 0.6) is 0 Å². The maximum atomic E-state index is 12.6. The molecule has 0 saturated carbocycles. The van der Waals surface area contributed by atoms with Crippen LogP contribution in [0.15, 0.2) is 42.6 Å². The number of nitrogens with two attached hydrogens (primary N) is 1. The Morgan fingerprint density at radius 1 is 1.33 bits per heavy atom. The fraction of sp³-hybridized carbons (Fsp3) is 0.250. The van der Waals surface area contributed by atoms with Gasteiger partial charge in [-0.25, -0.2) is 0 Å². The van der Waals surface area contributed by atoms with E-state index in [1.165, 1.54) is 0 Å². The summed E-state index contributed by atoms with van der Waals surface area (Å²) < 4.78 is 0. The van der Waals surface area contributed by atoms with Crippen molar-refractivity contribution in [3.63, 3.8) is 0 Å². The predicted molar refractivity (Wildman–Crippen MR) is 83.6 cm³/mol. The number of pyridine rings is 1. The number of nitrogen functional groups attached to an aromatic ring is 1. The minimum atomic E-state index is 0.00391. The second-order valence-electron chi connectivity index (χ2n) is 4.81. The second kappa shape index (κ2) is 6.85. The number of rotatable bonds is 5. The smallest absolute Gasteiger partial charge is 0.254 e. The molecule has 0 spiro atoms. The summed E-state index contributed by atoms with van der Waals surface area (Å²) in [6.07, 6.45) is 1.74. The molecule has 0 radical (unpaired) electrons. The number of hydrogen-bond donors (Lipinski definition) is 2. The fourth-order valence-corrected chi connectivity index (χ4v) is 2.18.